The molecule has 0 bridgehead atoms. The van der Waals surface area contributed by atoms with Crippen LogP contribution in [-0.2, 0) is 52.3 Å². The number of carbonyl (C=O) groups excluding carboxylic acids is 2. The Balaban J connectivity index is 0.000000255. The van der Waals surface area contributed by atoms with Crippen LogP contribution in [0.25, 0.3) is 0 Å². The summed E-state index contributed by atoms with van der Waals surface area (Å²) < 4.78 is 44.4. The van der Waals surface area contributed by atoms with Gasteiger partial charge in [0.25, 0.3) is 0 Å². The van der Waals surface area contributed by atoms with Crippen LogP contribution in [0, 0.1) is 56.2 Å². The first kappa shape index (κ1) is 67.4. The van der Waals surface area contributed by atoms with E-state index in [4.69, 9.17) is 37.9 Å². The fraction of sp³-hybridized carbons (Fsp3) is 0.847. The zero-order valence-corrected chi connectivity index (χ0v) is 49.8. The second-order valence-electron chi connectivity index (χ2n) is 26.4. The molecule has 8 aliphatic rings. The number of methoxy groups -OCH3 is 1. The highest BCUT2D eigenvalue weighted by Crippen LogP contribution is 2.76. The Morgan fingerprint density at radius 2 is 1.18 bits per heavy atom. The summed E-state index contributed by atoms with van der Waals surface area (Å²) in [7, 11) is 1.11. The van der Waals surface area contributed by atoms with Crippen LogP contribution < -0.4 is 0 Å². The summed E-state index contributed by atoms with van der Waals surface area (Å²) in [4.78, 5) is 38.5. The predicted molar refractivity (Wildman–Crippen MR) is 289 cm³/mol. The number of hydrogen-bond donors (Lipinski definition) is 13. The van der Waals surface area contributed by atoms with Gasteiger partial charge in [-0.2, -0.15) is 0 Å². The molecule has 13 N–H and O–H groups in total. The molecule has 7 fully saturated rings. The Bertz CT molecular complexity index is 2410. The first-order valence-electron chi connectivity index (χ1n) is 29.1. The third kappa shape index (κ3) is 11.0. The molecule has 27 atom stereocenters. The van der Waals surface area contributed by atoms with Gasteiger partial charge >= 0.3 is 17.9 Å². The molecule has 4 saturated carbocycles. The number of carbonyl (C=O) groups is 3. The maximum Gasteiger partial charge on any atom is 0.335 e. The summed E-state index contributed by atoms with van der Waals surface area (Å²) in [5, 5.41) is 137. The van der Waals surface area contributed by atoms with Gasteiger partial charge in [0.15, 0.2) is 31.1 Å². The van der Waals surface area contributed by atoms with Gasteiger partial charge in [-0.05, 0) is 106 Å². The van der Waals surface area contributed by atoms with Crippen LogP contribution in [0.4, 0.5) is 0 Å². The molecule has 24 heteroatoms. The van der Waals surface area contributed by atoms with E-state index in [1.807, 2.05) is 13.8 Å². The third-order valence-corrected chi connectivity index (χ3v) is 22.0. The average molecular weight is 1190 g/mol. The standard InChI is InChI=1S/C41H64O8.C18H30O16/c1-12-23(3)34(46)48-32-33(49-35(47)24(4)13-2)41(22-43)27(20-36(32,6)7)26-14-15-29-37(8)18-16-25(5)38(9,21-42)28(37)17-19-39(29,10)40(26,11)30(44)31(41)45;1-29-18-14(34-17-10(25)8(23)6(21)4(2-19)30-17)12(11(26)13(33-18)15(27)28)32-16-9(24)7(22)5(3-20)31-16/h12-14,25,27-33,42-45H,15-22H2,1-11H3;4-14,16-26H,2-3H2,1H3,(H,27,28)/b23-12-,24-13-;/t25-,27?,28?,29?,30-,31+,32-,33-,37-,38-,39+,40-,41-;4?,5-,6+,7?,8+,9-,10?,11-,12+,13?,14?,16-,17-,18+/m00/s1. The van der Waals surface area contributed by atoms with E-state index in [1.54, 1.807) is 39.8 Å². The lowest BCUT2D eigenvalue weighted by Gasteiger charge is -2.73. The molecule has 3 aliphatic heterocycles. The molecule has 0 aromatic carbocycles. The molecule has 5 aliphatic carbocycles. The summed E-state index contributed by atoms with van der Waals surface area (Å²) in [5.74, 6) is -2.30. The number of rotatable bonds is 14. The monoisotopic (exact) mass is 1190 g/mol. The number of esters is 2. The summed E-state index contributed by atoms with van der Waals surface area (Å²) >= 11 is 0. The molecule has 24 nitrogen and oxygen atoms in total. The fourth-order valence-electron chi connectivity index (χ4n) is 16.2. The molecule has 0 radical (unpaired) electrons. The van der Waals surface area contributed by atoms with Crippen molar-refractivity contribution >= 4 is 17.9 Å². The van der Waals surface area contributed by atoms with Crippen LogP contribution in [0.5, 0.6) is 0 Å². The third-order valence-electron chi connectivity index (χ3n) is 22.0. The zero-order valence-electron chi connectivity index (χ0n) is 49.8. The number of carboxylic acids is 1. The van der Waals surface area contributed by atoms with E-state index in [2.05, 4.69) is 40.7 Å². The predicted octanol–water partition coefficient (Wildman–Crippen LogP) is 0.119. The van der Waals surface area contributed by atoms with Gasteiger partial charge in [-0.25, -0.2) is 14.4 Å². The van der Waals surface area contributed by atoms with E-state index in [0.29, 0.717) is 29.4 Å². The van der Waals surface area contributed by atoms with Crippen LogP contribution in [-0.4, -0.2) is 228 Å². The smallest absolute Gasteiger partial charge is 0.335 e. The minimum atomic E-state index is -1.97. The molecule has 3 saturated heterocycles. The summed E-state index contributed by atoms with van der Waals surface area (Å²) in [6.07, 6.45) is -17.7. The van der Waals surface area contributed by atoms with E-state index in [0.717, 1.165) is 44.8 Å². The van der Waals surface area contributed by atoms with Crippen molar-refractivity contribution in [2.45, 2.75) is 225 Å². The molecular formula is C59H94O24. The van der Waals surface area contributed by atoms with Gasteiger partial charge in [-0.1, -0.05) is 72.3 Å². The van der Waals surface area contributed by atoms with Crippen LogP contribution in [0.1, 0.15) is 115 Å². The lowest BCUT2D eigenvalue weighted by molar-refractivity contribution is -0.374. The Morgan fingerprint density at radius 1 is 0.651 bits per heavy atom. The maximum atomic E-state index is 13.5. The number of aliphatic carboxylic acids is 1. The fourth-order valence-corrected chi connectivity index (χ4v) is 16.2. The largest absolute Gasteiger partial charge is 0.479 e. The number of aliphatic hydroxyl groups excluding tert-OH is 12. The maximum absolute atomic E-state index is 13.5. The van der Waals surface area contributed by atoms with Crippen molar-refractivity contribution in [1.29, 1.82) is 0 Å². The minimum absolute atomic E-state index is 0.0733. The van der Waals surface area contributed by atoms with Gasteiger partial charge in [0.05, 0.1) is 37.4 Å². The van der Waals surface area contributed by atoms with Crippen molar-refractivity contribution in [2.24, 2.45) is 56.2 Å². The van der Waals surface area contributed by atoms with Crippen molar-refractivity contribution in [1.82, 2.24) is 0 Å². The minimum Gasteiger partial charge on any atom is -0.479 e. The number of hydrogen-bond acceptors (Lipinski definition) is 23. The Hall–Kier alpha value is -3.09. The quantitative estimate of drug-likeness (QED) is 0.0624. The summed E-state index contributed by atoms with van der Waals surface area (Å²) in [6, 6.07) is 0. The van der Waals surface area contributed by atoms with Gasteiger partial charge in [-0.3, -0.25) is 0 Å². The summed E-state index contributed by atoms with van der Waals surface area (Å²) in [6.45, 7) is 20.3. The number of fused-ring (bicyclic) bond motifs is 7. The van der Waals surface area contributed by atoms with Crippen LogP contribution in [0.15, 0.2) is 34.9 Å². The van der Waals surface area contributed by atoms with Crippen LogP contribution in [0.2, 0.25) is 0 Å². The first-order valence-corrected chi connectivity index (χ1v) is 29.1. The lowest BCUT2D eigenvalue weighted by Crippen LogP contribution is -2.76. The lowest BCUT2D eigenvalue weighted by atomic mass is 9.32. The highest BCUT2D eigenvalue weighted by molar-refractivity contribution is 5.89. The molecule has 474 valence electrons. The highest BCUT2D eigenvalue weighted by atomic mass is 16.8. The van der Waals surface area contributed by atoms with Crippen molar-refractivity contribution < 1.29 is 119 Å². The molecule has 0 aromatic rings. The van der Waals surface area contributed by atoms with Gasteiger partial charge in [0.1, 0.15) is 67.1 Å². The van der Waals surface area contributed by atoms with Gasteiger partial charge in [0, 0.05) is 35.7 Å². The molecule has 83 heavy (non-hydrogen) atoms. The number of aliphatic hydroxyl groups is 12. The van der Waals surface area contributed by atoms with E-state index in [9.17, 15) is 80.8 Å². The van der Waals surface area contributed by atoms with E-state index in [1.165, 1.54) is 0 Å². The number of ether oxygens (including phenoxy) is 8. The van der Waals surface area contributed by atoms with Crippen LogP contribution >= 0.6 is 0 Å². The topological polar surface area (TPSA) is 388 Å². The zero-order chi connectivity index (χ0) is 62.0. The summed E-state index contributed by atoms with van der Waals surface area (Å²) in [5.41, 5.74) is -2.01. The number of carboxylic acid groups (broad SMARTS) is 1. The van der Waals surface area contributed by atoms with E-state index < -0.39 is 176 Å². The Labute approximate surface area is 485 Å². The Morgan fingerprint density at radius 3 is 1.69 bits per heavy atom. The van der Waals surface area contributed by atoms with Crippen LogP contribution in [0.3, 0.4) is 0 Å². The molecule has 0 amide bonds. The van der Waals surface area contributed by atoms with Gasteiger partial charge < -0.3 is 104 Å². The second kappa shape index (κ2) is 25.2. The van der Waals surface area contributed by atoms with Crippen molar-refractivity contribution in [3.63, 3.8) is 0 Å². The Kier molecular flexibility index (Phi) is 20.5. The van der Waals surface area contributed by atoms with Gasteiger partial charge in [-0.15, -0.1) is 0 Å². The normalized spacial score (nSPS) is 48.7. The van der Waals surface area contributed by atoms with Crippen molar-refractivity contribution in [3.8, 4) is 0 Å². The molecular weight excluding hydrogens is 1090 g/mol. The molecule has 0 spiro atoms. The highest BCUT2D eigenvalue weighted by Gasteiger charge is 2.76. The molecule has 8 unspecified atom stereocenters. The van der Waals surface area contributed by atoms with E-state index in [-0.39, 0.29) is 23.4 Å². The van der Waals surface area contributed by atoms with E-state index >= 15 is 0 Å². The number of allylic oxidation sites excluding steroid dienone is 3. The van der Waals surface area contributed by atoms with Crippen molar-refractivity contribution in [2.75, 3.05) is 33.5 Å². The molecule has 3 heterocycles. The second-order valence-corrected chi connectivity index (χ2v) is 26.4. The first-order chi connectivity index (χ1) is 38.8. The SMILES string of the molecule is C/C=C(/C)C(=O)O[C@H]1[C@H](OC(=O)/C(C)=C\C)[C@@]2(CO)C(CC1(C)C)C1=CCC3[C@@]4(C)CC[C@H](C)[C@](C)(CO)C4CC[C@@]3(C)[C@]1(C)[C@@H](O)[C@H]2O.CO[C@@H]1OC(C(=O)O)[C@@H](O)[C@@H](O[C@@H]2O[C@@H](CO)C(O)[C@@H]2O)C1O[C@@H]1OC(CO)[C@@H](O)[C@@H](O)C1O. The molecule has 0 aromatic heterocycles. The van der Waals surface area contributed by atoms with Crippen molar-refractivity contribution in [3.05, 3.63) is 34.9 Å². The average Bonchev–Trinajstić information content (AvgIpc) is 1.31. The molecule has 8 rings (SSSR count). The van der Waals surface area contributed by atoms with Gasteiger partial charge in [0.2, 0.25) is 0 Å².